The van der Waals surface area contributed by atoms with Gasteiger partial charge >= 0.3 is 5.69 Å². The third-order valence-electron chi connectivity index (χ3n) is 2.93. The zero-order chi connectivity index (χ0) is 14.9. The molecule has 0 aliphatic carbocycles. The van der Waals surface area contributed by atoms with Gasteiger partial charge in [-0.25, -0.2) is 13.9 Å². The Hall–Kier alpha value is -2.63. The smallest absolute Gasteiger partial charge is 0.336 e. The van der Waals surface area contributed by atoms with Crippen molar-refractivity contribution in [3.63, 3.8) is 0 Å². The Kier molecular flexibility index (Phi) is 3.56. The number of para-hydroxylation sites is 1. The third kappa shape index (κ3) is 2.27. The maximum atomic E-state index is 12.3. The standard InChI is InChI=1S/C14H16N4O2/c1-16(2)9-11-12(15)18(10-7-5-4-6-8-10)14(20)17(3)13(11)19/h4-9,15H,1-3H3/p+1. The average Bonchev–Trinajstić information content (AvgIpc) is 2.42. The molecule has 0 bridgehead atoms. The van der Waals surface area contributed by atoms with Gasteiger partial charge in [-0.2, -0.15) is 0 Å². The van der Waals surface area contributed by atoms with Crippen LogP contribution in [0.1, 0.15) is 5.56 Å². The van der Waals surface area contributed by atoms with Crippen molar-refractivity contribution in [1.29, 1.82) is 0 Å². The quantitative estimate of drug-likeness (QED) is 0.609. The van der Waals surface area contributed by atoms with E-state index in [1.165, 1.54) is 11.6 Å². The number of hydrogen-bond acceptors (Lipinski definition) is 3. The highest BCUT2D eigenvalue weighted by atomic mass is 16.2. The van der Waals surface area contributed by atoms with Crippen molar-refractivity contribution in [3.05, 3.63) is 56.7 Å². The minimum absolute atomic E-state index is 0.137. The first-order chi connectivity index (χ1) is 9.43. The van der Waals surface area contributed by atoms with Crippen LogP contribution in [0.2, 0.25) is 0 Å². The predicted molar refractivity (Wildman–Crippen MR) is 79.0 cm³/mol. The average molecular weight is 273 g/mol. The molecule has 0 radical (unpaired) electrons. The fourth-order valence-electron chi connectivity index (χ4n) is 1.96. The lowest BCUT2D eigenvalue weighted by Crippen LogP contribution is -2.41. The first-order valence-electron chi connectivity index (χ1n) is 6.11. The lowest BCUT2D eigenvalue weighted by atomic mass is 10.2. The second kappa shape index (κ2) is 5.16. The maximum absolute atomic E-state index is 12.3. The number of nitrogens with two attached hydrogens (primary N) is 1. The molecule has 0 saturated heterocycles. The molecule has 0 aliphatic rings. The van der Waals surface area contributed by atoms with Crippen LogP contribution in [0.25, 0.3) is 5.69 Å². The van der Waals surface area contributed by atoms with Gasteiger partial charge in [0.1, 0.15) is 25.5 Å². The van der Waals surface area contributed by atoms with Crippen molar-refractivity contribution in [2.75, 3.05) is 19.8 Å². The highest BCUT2D eigenvalue weighted by molar-refractivity contribution is 5.82. The first kappa shape index (κ1) is 13.8. The van der Waals surface area contributed by atoms with Crippen LogP contribution >= 0.6 is 0 Å². The zero-order valence-corrected chi connectivity index (χ0v) is 11.7. The molecule has 1 aromatic carbocycles. The summed E-state index contributed by atoms with van der Waals surface area (Å²) in [4.78, 5) is 24.4. The van der Waals surface area contributed by atoms with Crippen LogP contribution in [-0.2, 0) is 7.05 Å². The summed E-state index contributed by atoms with van der Waals surface area (Å²) >= 11 is 0. The summed E-state index contributed by atoms with van der Waals surface area (Å²) in [5, 5.41) is 0. The van der Waals surface area contributed by atoms with E-state index in [9.17, 15) is 9.59 Å². The number of hydrogen-bond donors (Lipinski definition) is 1. The van der Waals surface area contributed by atoms with Crippen molar-refractivity contribution in [2.24, 2.45) is 7.05 Å². The van der Waals surface area contributed by atoms with Crippen LogP contribution in [-0.4, -0.2) is 34.0 Å². The molecule has 1 heterocycles. The van der Waals surface area contributed by atoms with E-state index in [0.29, 0.717) is 11.3 Å². The molecule has 2 aromatic rings. The van der Waals surface area contributed by atoms with Crippen LogP contribution in [0.4, 0.5) is 5.82 Å². The van der Waals surface area contributed by atoms with E-state index in [4.69, 9.17) is 5.73 Å². The Labute approximate surface area is 116 Å². The summed E-state index contributed by atoms with van der Waals surface area (Å²) in [6.07, 6.45) is 1.61. The second-order valence-corrected chi connectivity index (χ2v) is 4.71. The molecule has 6 nitrogen and oxygen atoms in total. The SMILES string of the molecule is Cn1c(=O)c(C=[N+](C)C)c(N)n(-c2ccccc2)c1=O. The maximum Gasteiger partial charge on any atom is 0.336 e. The van der Waals surface area contributed by atoms with Crippen LogP contribution in [0, 0.1) is 0 Å². The van der Waals surface area contributed by atoms with Gasteiger partial charge in [-0.15, -0.1) is 0 Å². The van der Waals surface area contributed by atoms with Gasteiger partial charge in [-0.3, -0.25) is 9.36 Å². The summed E-state index contributed by atoms with van der Waals surface area (Å²) in [6.45, 7) is 0. The monoisotopic (exact) mass is 273 g/mol. The van der Waals surface area contributed by atoms with E-state index < -0.39 is 11.2 Å². The molecule has 0 atom stereocenters. The van der Waals surface area contributed by atoms with Crippen molar-refractivity contribution < 1.29 is 4.58 Å². The summed E-state index contributed by atoms with van der Waals surface area (Å²) in [6, 6.07) is 8.99. The molecule has 2 N–H and O–H groups in total. The van der Waals surface area contributed by atoms with Crippen LogP contribution in [0.5, 0.6) is 0 Å². The Bertz CT molecular complexity index is 781. The summed E-state index contributed by atoms with van der Waals surface area (Å²) < 4.78 is 4.10. The summed E-state index contributed by atoms with van der Waals surface area (Å²) in [7, 11) is 5.02. The summed E-state index contributed by atoms with van der Waals surface area (Å²) in [5.41, 5.74) is 6.07. The topological polar surface area (TPSA) is 73.0 Å². The number of anilines is 1. The van der Waals surface area contributed by atoms with Crippen molar-refractivity contribution in [1.82, 2.24) is 9.13 Å². The number of nitrogens with zero attached hydrogens (tertiary/aromatic N) is 3. The van der Waals surface area contributed by atoms with E-state index in [1.54, 1.807) is 37.0 Å². The Morgan fingerprint density at radius 2 is 1.75 bits per heavy atom. The molecule has 0 amide bonds. The predicted octanol–water partition coefficient (Wildman–Crippen LogP) is -0.191. The Morgan fingerprint density at radius 3 is 2.30 bits per heavy atom. The molecule has 0 aliphatic heterocycles. The lowest BCUT2D eigenvalue weighted by molar-refractivity contribution is -0.458. The number of nitrogen functional groups attached to an aromatic ring is 1. The van der Waals surface area contributed by atoms with E-state index in [-0.39, 0.29) is 5.82 Å². The molecule has 2 rings (SSSR count). The van der Waals surface area contributed by atoms with Crippen molar-refractivity contribution in [2.45, 2.75) is 0 Å². The van der Waals surface area contributed by atoms with E-state index in [0.717, 1.165) is 4.57 Å². The van der Waals surface area contributed by atoms with E-state index in [1.807, 2.05) is 18.2 Å². The first-order valence-corrected chi connectivity index (χ1v) is 6.11. The van der Waals surface area contributed by atoms with Gasteiger partial charge in [0.05, 0.1) is 5.69 Å². The van der Waals surface area contributed by atoms with Gasteiger partial charge in [-0.1, -0.05) is 18.2 Å². The molecule has 0 unspecified atom stereocenters. The van der Waals surface area contributed by atoms with Crippen molar-refractivity contribution in [3.8, 4) is 5.69 Å². The molecule has 104 valence electrons. The molecule has 6 heteroatoms. The van der Waals surface area contributed by atoms with Crippen LogP contribution in [0.3, 0.4) is 0 Å². The molecule has 20 heavy (non-hydrogen) atoms. The van der Waals surface area contributed by atoms with Gasteiger partial charge in [0, 0.05) is 7.05 Å². The Balaban J connectivity index is 2.90. The molecular formula is C14H17N4O2+. The zero-order valence-electron chi connectivity index (χ0n) is 11.7. The van der Waals surface area contributed by atoms with Gasteiger partial charge in [0.25, 0.3) is 5.56 Å². The van der Waals surface area contributed by atoms with Gasteiger partial charge in [0.15, 0.2) is 6.21 Å². The van der Waals surface area contributed by atoms with Crippen LogP contribution < -0.4 is 17.0 Å². The van der Waals surface area contributed by atoms with Gasteiger partial charge in [0.2, 0.25) is 0 Å². The molecular weight excluding hydrogens is 256 g/mol. The van der Waals surface area contributed by atoms with E-state index >= 15 is 0 Å². The fourth-order valence-corrected chi connectivity index (χ4v) is 1.96. The van der Waals surface area contributed by atoms with Crippen molar-refractivity contribution >= 4 is 12.0 Å². The molecule has 0 fully saturated rings. The fraction of sp³-hybridized carbons (Fsp3) is 0.214. The second-order valence-electron chi connectivity index (χ2n) is 4.71. The largest absolute Gasteiger partial charge is 0.384 e. The highest BCUT2D eigenvalue weighted by Crippen LogP contribution is 2.10. The van der Waals surface area contributed by atoms with Gasteiger partial charge < -0.3 is 5.73 Å². The molecule has 0 saturated carbocycles. The van der Waals surface area contributed by atoms with Gasteiger partial charge in [-0.05, 0) is 12.1 Å². The van der Waals surface area contributed by atoms with Crippen LogP contribution in [0.15, 0.2) is 39.9 Å². The summed E-state index contributed by atoms with van der Waals surface area (Å²) in [5.74, 6) is 0.137. The molecule has 0 spiro atoms. The lowest BCUT2D eigenvalue weighted by Gasteiger charge is -2.12. The molecule has 1 aromatic heterocycles. The number of rotatable bonds is 2. The Morgan fingerprint density at radius 1 is 1.15 bits per heavy atom. The number of aromatic nitrogens is 2. The highest BCUT2D eigenvalue weighted by Gasteiger charge is 2.16. The minimum atomic E-state index is -0.463. The number of benzene rings is 1. The normalized spacial score (nSPS) is 10.3. The van der Waals surface area contributed by atoms with E-state index in [2.05, 4.69) is 0 Å². The third-order valence-corrected chi connectivity index (χ3v) is 2.93. The minimum Gasteiger partial charge on any atom is -0.384 e.